The third-order valence-electron chi connectivity index (χ3n) is 2.71. The van der Waals surface area contributed by atoms with E-state index in [4.69, 9.17) is 34.4 Å². The zero-order chi connectivity index (χ0) is 13.5. The van der Waals surface area contributed by atoms with Crippen LogP contribution in [-0.2, 0) is 0 Å². The van der Waals surface area contributed by atoms with Crippen molar-refractivity contribution in [1.29, 1.82) is 0 Å². The summed E-state index contributed by atoms with van der Waals surface area (Å²) in [5.41, 5.74) is 0. The molecule has 0 saturated carbocycles. The number of hydrogen-bond donors (Lipinski definition) is 0. The molecule has 0 fully saturated rings. The van der Waals surface area contributed by atoms with Crippen LogP contribution in [0.15, 0.2) is 18.2 Å². The van der Waals surface area contributed by atoms with E-state index in [2.05, 4.69) is 10.8 Å². The van der Waals surface area contributed by atoms with Crippen molar-refractivity contribution in [2.75, 3.05) is 20.2 Å². The Kier molecular flexibility index (Phi) is 6.35. The maximum atomic E-state index is 6.00. The van der Waals surface area contributed by atoms with Crippen molar-refractivity contribution in [3.05, 3.63) is 28.2 Å². The largest absolute Gasteiger partial charge is 0.492 e. The Labute approximate surface area is 119 Å². The van der Waals surface area contributed by atoms with Gasteiger partial charge in [0.2, 0.25) is 0 Å². The quantitative estimate of drug-likeness (QED) is 0.584. The van der Waals surface area contributed by atoms with Gasteiger partial charge in [-0.3, -0.25) is 4.90 Å². The molecule has 18 heavy (non-hydrogen) atoms. The SMILES string of the molecule is C#C[C@H](C)N(C)CCCOc1ccc(Cl)cc1Cl. The van der Waals surface area contributed by atoms with Gasteiger partial charge in [0.1, 0.15) is 5.75 Å². The van der Waals surface area contributed by atoms with Crippen molar-refractivity contribution in [1.82, 2.24) is 4.90 Å². The molecule has 0 unspecified atom stereocenters. The number of terminal acetylenes is 1. The van der Waals surface area contributed by atoms with Gasteiger partial charge in [-0.25, -0.2) is 0 Å². The predicted octanol–water partition coefficient (Wildman–Crippen LogP) is 3.72. The fraction of sp³-hybridized carbons (Fsp3) is 0.429. The van der Waals surface area contributed by atoms with Gasteiger partial charge in [0, 0.05) is 11.6 Å². The van der Waals surface area contributed by atoms with E-state index in [1.165, 1.54) is 0 Å². The maximum Gasteiger partial charge on any atom is 0.137 e. The minimum atomic E-state index is 0.143. The van der Waals surface area contributed by atoms with E-state index >= 15 is 0 Å². The van der Waals surface area contributed by atoms with Crippen molar-refractivity contribution in [3.8, 4) is 18.1 Å². The first kappa shape index (κ1) is 15.2. The Balaban J connectivity index is 2.32. The molecule has 4 heteroatoms. The molecule has 0 aromatic heterocycles. The Morgan fingerprint density at radius 2 is 2.17 bits per heavy atom. The van der Waals surface area contributed by atoms with Crippen LogP contribution >= 0.6 is 23.2 Å². The van der Waals surface area contributed by atoms with Crippen molar-refractivity contribution >= 4 is 23.2 Å². The standard InChI is InChI=1S/C14H17Cl2NO/c1-4-11(2)17(3)8-5-9-18-14-7-6-12(15)10-13(14)16/h1,6-7,10-11H,5,8-9H2,2-3H3/t11-/m0/s1. The second-order valence-corrected chi connectivity index (χ2v) is 4.94. The lowest BCUT2D eigenvalue weighted by Gasteiger charge is -2.20. The van der Waals surface area contributed by atoms with Crippen LogP contribution in [0.1, 0.15) is 13.3 Å². The van der Waals surface area contributed by atoms with E-state index in [9.17, 15) is 0 Å². The van der Waals surface area contributed by atoms with Crippen LogP contribution in [0.25, 0.3) is 0 Å². The van der Waals surface area contributed by atoms with Gasteiger partial charge in [-0.15, -0.1) is 6.42 Å². The Morgan fingerprint density at radius 1 is 1.44 bits per heavy atom. The molecular formula is C14H17Cl2NO. The molecule has 0 heterocycles. The summed E-state index contributed by atoms with van der Waals surface area (Å²) in [6, 6.07) is 5.35. The van der Waals surface area contributed by atoms with Crippen LogP contribution in [0.5, 0.6) is 5.75 Å². The number of halogens is 2. The van der Waals surface area contributed by atoms with Gasteiger partial charge < -0.3 is 4.74 Å². The molecule has 1 aromatic rings. The first-order valence-electron chi connectivity index (χ1n) is 5.79. The van der Waals surface area contributed by atoms with Crippen molar-refractivity contribution < 1.29 is 4.74 Å². The monoisotopic (exact) mass is 285 g/mol. The van der Waals surface area contributed by atoms with Crippen LogP contribution in [0.2, 0.25) is 10.0 Å². The molecule has 0 N–H and O–H groups in total. The molecule has 1 atom stereocenters. The normalized spacial score (nSPS) is 12.2. The molecule has 1 rings (SSSR count). The lowest BCUT2D eigenvalue weighted by Crippen LogP contribution is -2.29. The highest BCUT2D eigenvalue weighted by atomic mass is 35.5. The summed E-state index contributed by atoms with van der Waals surface area (Å²) in [5, 5.41) is 1.14. The third-order valence-corrected chi connectivity index (χ3v) is 3.24. The lowest BCUT2D eigenvalue weighted by atomic mass is 10.3. The van der Waals surface area contributed by atoms with Crippen LogP contribution in [0.3, 0.4) is 0 Å². The Morgan fingerprint density at radius 3 is 2.78 bits per heavy atom. The summed E-state index contributed by atoms with van der Waals surface area (Å²) in [6.45, 7) is 3.48. The van der Waals surface area contributed by atoms with E-state index in [0.717, 1.165) is 13.0 Å². The smallest absolute Gasteiger partial charge is 0.137 e. The number of hydrogen-bond acceptors (Lipinski definition) is 2. The fourth-order valence-electron chi connectivity index (χ4n) is 1.41. The van der Waals surface area contributed by atoms with E-state index in [1.54, 1.807) is 18.2 Å². The summed E-state index contributed by atoms with van der Waals surface area (Å²) in [6.07, 6.45) is 6.24. The zero-order valence-electron chi connectivity index (χ0n) is 10.6. The highest BCUT2D eigenvalue weighted by molar-refractivity contribution is 6.35. The van der Waals surface area contributed by atoms with Crippen LogP contribution in [0, 0.1) is 12.3 Å². The molecule has 0 amide bonds. The topological polar surface area (TPSA) is 12.5 Å². The van der Waals surface area contributed by atoms with Crippen molar-refractivity contribution in [3.63, 3.8) is 0 Å². The molecule has 0 bridgehead atoms. The molecule has 98 valence electrons. The summed E-state index contributed by atoms with van der Waals surface area (Å²) < 4.78 is 5.59. The molecule has 1 aromatic carbocycles. The molecule has 2 nitrogen and oxygen atoms in total. The average molecular weight is 286 g/mol. The second-order valence-electron chi connectivity index (χ2n) is 4.10. The van der Waals surface area contributed by atoms with Gasteiger partial charge in [0.25, 0.3) is 0 Å². The Hall–Kier alpha value is -0.880. The fourth-order valence-corrected chi connectivity index (χ4v) is 1.87. The summed E-state index contributed by atoms with van der Waals surface area (Å²) >= 11 is 11.8. The summed E-state index contributed by atoms with van der Waals surface area (Å²) in [7, 11) is 2.00. The molecule has 0 aliphatic heterocycles. The van der Waals surface area contributed by atoms with Gasteiger partial charge in [-0.2, -0.15) is 0 Å². The Bertz CT molecular complexity index is 428. The number of rotatable bonds is 6. The molecule has 0 aliphatic carbocycles. The molecule has 0 saturated heterocycles. The highest BCUT2D eigenvalue weighted by Gasteiger charge is 2.06. The third kappa shape index (κ3) is 4.78. The van der Waals surface area contributed by atoms with Gasteiger partial charge in [-0.1, -0.05) is 29.1 Å². The van der Waals surface area contributed by atoms with Gasteiger partial charge in [0.15, 0.2) is 0 Å². The van der Waals surface area contributed by atoms with E-state index in [1.807, 2.05) is 14.0 Å². The van der Waals surface area contributed by atoms with Crippen LogP contribution in [0.4, 0.5) is 0 Å². The second kappa shape index (κ2) is 7.53. The minimum absolute atomic E-state index is 0.143. The average Bonchev–Trinajstić information content (AvgIpc) is 2.35. The van der Waals surface area contributed by atoms with E-state index in [0.29, 0.717) is 22.4 Å². The molecule has 0 spiro atoms. The summed E-state index contributed by atoms with van der Waals surface area (Å²) in [5.74, 6) is 3.35. The number of ether oxygens (including phenoxy) is 1. The molecule has 0 aliphatic rings. The first-order chi connectivity index (χ1) is 8.54. The highest BCUT2D eigenvalue weighted by Crippen LogP contribution is 2.27. The van der Waals surface area contributed by atoms with Gasteiger partial charge in [0.05, 0.1) is 17.7 Å². The van der Waals surface area contributed by atoms with Crippen molar-refractivity contribution in [2.24, 2.45) is 0 Å². The lowest BCUT2D eigenvalue weighted by molar-refractivity contribution is 0.250. The van der Waals surface area contributed by atoms with E-state index in [-0.39, 0.29) is 6.04 Å². The van der Waals surface area contributed by atoms with Gasteiger partial charge >= 0.3 is 0 Å². The zero-order valence-corrected chi connectivity index (χ0v) is 12.1. The minimum Gasteiger partial charge on any atom is -0.492 e. The summed E-state index contributed by atoms with van der Waals surface area (Å²) in [4.78, 5) is 2.10. The van der Waals surface area contributed by atoms with Crippen molar-refractivity contribution in [2.45, 2.75) is 19.4 Å². The molecular weight excluding hydrogens is 269 g/mol. The van der Waals surface area contributed by atoms with Gasteiger partial charge in [-0.05, 0) is 38.6 Å². The maximum absolute atomic E-state index is 6.00. The molecule has 0 radical (unpaired) electrons. The van der Waals surface area contributed by atoms with Crippen LogP contribution < -0.4 is 4.74 Å². The number of nitrogens with zero attached hydrogens (tertiary/aromatic N) is 1. The van der Waals surface area contributed by atoms with Crippen LogP contribution in [-0.4, -0.2) is 31.1 Å². The number of benzene rings is 1. The van der Waals surface area contributed by atoms with E-state index < -0.39 is 0 Å². The predicted molar refractivity (Wildman–Crippen MR) is 77.5 cm³/mol. The first-order valence-corrected chi connectivity index (χ1v) is 6.54.